The van der Waals surface area contributed by atoms with E-state index in [1.54, 1.807) is 22.9 Å². The molecule has 0 fully saturated rings. The maximum atomic E-state index is 5.86. The van der Waals surface area contributed by atoms with Gasteiger partial charge in [0.1, 0.15) is 23.3 Å². The molecule has 0 spiro atoms. The second-order valence-electron chi connectivity index (χ2n) is 3.41. The van der Waals surface area contributed by atoms with E-state index in [2.05, 4.69) is 4.98 Å². The van der Waals surface area contributed by atoms with Gasteiger partial charge in [0, 0.05) is 12.7 Å². The first-order valence-electron chi connectivity index (χ1n) is 4.81. The van der Waals surface area contributed by atoms with Crippen LogP contribution < -0.4 is 10.5 Å². The lowest BCUT2D eigenvalue weighted by molar-refractivity contribution is 0.292. The van der Waals surface area contributed by atoms with Gasteiger partial charge in [-0.3, -0.25) is 0 Å². The molecule has 0 unspecified atom stereocenters. The van der Waals surface area contributed by atoms with E-state index in [9.17, 15) is 0 Å². The monoisotopic (exact) mass is 237 g/mol. The van der Waals surface area contributed by atoms with Crippen LogP contribution in [0.1, 0.15) is 5.82 Å². The molecule has 0 radical (unpaired) electrons. The summed E-state index contributed by atoms with van der Waals surface area (Å²) in [5, 5.41) is 0.593. The van der Waals surface area contributed by atoms with Crippen molar-refractivity contribution in [3.8, 4) is 5.75 Å². The molecule has 0 amide bonds. The number of rotatable bonds is 3. The normalized spacial score (nSPS) is 10.4. The van der Waals surface area contributed by atoms with E-state index in [4.69, 9.17) is 22.1 Å². The second kappa shape index (κ2) is 4.45. The molecule has 0 saturated carbocycles. The van der Waals surface area contributed by atoms with Crippen molar-refractivity contribution < 1.29 is 4.74 Å². The van der Waals surface area contributed by atoms with Crippen molar-refractivity contribution in [3.05, 3.63) is 41.4 Å². The molecule has 16 heavy (non-hydrogen) atoms. The van der Waals surface area contributed by atoms with E-state index >= 15 is 0 Å². The van der Waals surface area contributed by atoms with Gasteiger partial charge in [0.2, 0.25) is 0 Å². The van der Waals surface area contributed by atoms with Crippen LogP contribution in [0.25, 0.3) is 0 Å². The third-order valence-corrected chi connectivity index (χ3v) is 2.63. The largest absolute Gasteiger partial charge is 0.486 e. The Morgan fingerprint density at radius 1 is 1.38 bits per heavy atom. The first kappa shape index (κ1) is 10.8. The zero-order valence-electron chi connectivity index (χ0n) is 8.85. The number of nitrogen functional groups attached to an aromatic ring is 1. The minimum Gasteiger partial charge on any atom is -0.486 e. The number of anilines is 1. The Bertz CT molecular complexity index is 478. The quantitative estimate of drug-likeness (QED) is 0.833. The van der Waals surface area contributed by atoms with Crippen LogP contribution in [0.2, 0.25) is 5.15 Å². The summed E-state index contributed by atoms with van der Waals surface area (Å²) in [4.78, 5) is 4.13. The zero-order valence-corrected chi connectivity index (χ0v) is 9.61. The van der Waals surface area contributed by atoms with Gasteiger partial charge in [0.15, 0.2) is 0 Å². The van der Waals surface area contributed by atoms with Gasteiger partial charge in [-0.1, -0.05) is 11.6 Å². The van der Waals surface area contributed by atoms with Crippen LogP contribution >= 0.6 is 11.6 Å². The van der Waals surface area contributed by atoms with Crippen LogP contribution in [0.4, 0.5) is 5.69 Å². The van der Waals surface area contributed by atoms with Crippen molar-refractivity contribution in [1.82, 2.24) is 9.55 Å². The minimum absolute atomic E-state index is 0.382. The maximum Gasteiger partial charge on any atom is 0.147 e. The van der Waals surface area contributed by atoms with E-state index in [0.717, 1.165) is 11.6 Å². The average molecular weight is 238 g/mol. The molecule has 4 nitrogen and oxygen atoms in total. The molecule has 0 bridgehead atoms. The predicted molar refractivity (Wildman–Crippen MR) is 63.4 cm³/mol. The molecule has 1 aromatic heterocycles. The van der Waals surface area contributed by atoms with Crippen molar-refractivity contribution in [2.75, 3.05) is 5.73 Å². The highest BCUT2D eigenvalue weighted by Gasteiger charge is 2.04. The topological polar surface area (TPSA) is 53.1 Å². The van der Waals surface area contributed by atoms with Crippen LogP contribution in [0.3, 0.4) is 0 Å². The number of hydrogen-bond donors (Lipinski definition) is 1. The van der Waals surface area contributed by atoms with Crippen LogP contribution in [0.5, 0.6) is 5.75 Å². The van der Waals surface area contributed by atoms with Crippen LogP contribution in [0.15, 0.2) is 30.5 Å². The highest BCUT2D eigenvalue weighted by Crippen LogP contribution is 2.15. The van der Waals surface area contributed by atoms with Gasteiger partial charge in [0.05, 0.1) is 6.20 Å². The van der Waals surface area contributed by atoms with Crippen molar-refractivity contribution in [1.29, 1.82) is 0 Å². The van der Waals surface area contributed by atoms with Crippen LogP contribution in [-0.2, 0) is 13.7 Å². The molecular formula is C11H12ClN3O. The fourth-order valence-electron chi connectivity index (χ4n) is 1.27. The summed E-state index contributed by atoms with van der Waals surface area (Å²) in [6.07, 6.45) is 1.60. The number of imidazole rings is 1. The SMILES string of the molecule is Cn1c(Cl)cnc1COc1ccc(N)cc1. The molecule has 0 aliphatic rings. The number of ether oxygens (including phenoxy) is 1. The Morgan fingerprint density at radius 2 is 2.06 bits per heavy atom. The Hall–Kier alpha value is -1.68. The molecular weight excluding hydrogens is 226 g/mol. The lowest BCUT2D eigenvalue weighted by Gasteiger charge is -2.06. The molecule has 0 atom stereocenters. The number of benzene rings is 1. The third kappa shape index (κ3) is 2.28. The van der Waals surface area contributed by atoms with Gasteiger partial charge >= 0.3 is 0 Å². The number of nitrogens with zero attached hydrogens (tertiary/aromatic N) is 2. The van der Waals surface area contributed by atoms with Crippen molar-refractivity contribution in [2.24, 2.45) is 7.05 Å². The maximum absolute atomic E-state index is 5.86. The first-order chi connectivity index (χ1) is 7.66. The van der Waals surface area contributed by atoms with Gasteiger partial charge in [-0.05, 0) is 24.3 Å². The second-order valence-corrected chi connectivity index (χ2v) is 3.80. The highest BCUT2D eigenvalue weighted by molar-refractivity contribution is 6.29. The van der Waals surface area contributed by atoms with E-state index in [0.29, 0.717) is 17.4 Å². The van der Waals surface area contributed by atoms with Gasteiger partial charge in [0.25, 0.3) is 0 Å². The summed E-state index contributed by atoms with van der Waals surface area (Å²) in [6, 6.07) is 7.22. The van der Waals surface area contributed by atoms with Gasteiger partial charge < -0.3 is 15.0 Å². The van der Waals surface area contributed by atoms with E-state index in [1.807, 2.05) is 19.2 Å². The molecule has 5 heteroatoms. The molecule has 84 valence electrons. The third-order valence-electron chi connectivity index (χ3n) is 2.28. The molecule has 2 aromatic rings. The smallest absolute Gasteiger partial charge is 0.147 e. The number of nitrogens with two attached hydrogens (primary N) is 1. The summed E-state index contributed by atoms with van der Waals surface area (Å²) in [7, 11) is 1.84. The van der Waals surface area contributed by atoms with E-state index in [-0.39, 0.29) is 0 Å². The standard InChI is InChI=1S/C11H12ClN3O/c1-15-10(12)6-14-11(15)7-16-9-4-2-8(13)3-5-9/h2-6H,7,13H2,1H3. The van der Waals surface area contributed by atoms with Gasteiger partial charge in [-0.15, -0.1) is 0 Å². The van der Waals surface area contributed by atoms with Crippen molar-refractivity contribution in [2.45, 2.75) is 6.61 Å². The summed E-state index contributed by atoms with van der Waals surface area (Å²) >= 11 is 5.86. The predicted octanol–water partition coefficient (Wildman–Crippen LogP) is 2.23. The summed E-state index contributed by atoms with van der Waals surface area (Å²) in [5.41, 5.74) is 6.29. The Labute approximate surface area is 98.6 Å². The van der Waals surface area contributed by atoms with Crippen LogP contribution in [0, 0.1) is 0 Å². The summed E-state index contributed by atoms with van der Waals surface area (Å²) < 4.78 is 7.32. The fraction of sp³-hybridized carbons (Fsp3) is 0.182. The molecule has 0 aliphatic carbocycles. The Morgan fingerprint density at radius 3 is 2.62 bits per heavy atom. The molecule has 0 saturated heterocycles. The van der Waals surface area contributed by atoms with Gasteiger partial charge in [-0.25, -0.2) is 4.98 Å². The van der Waals surface area contributed by atoms with Crippen molar-refractivity contribution in [3.63, 3.8) is 0 Å². The average Bonchev–Trinajstić information content (AvgIpc) is 2.60. The first-order valence-corrected chi connectivity index (χ1v) is 5.19. The zero-order chi connectivity index (χ0) is 11.5. The summed E-state index contributed by atoms with van der Waals surface area (Å²) in [6.45, 7) is 0.382. The van der Waals surface area contributed by atoms with Crippen molar-refractivity contribution >= 4 is 17.3 Å². The molecule has 2 N–H and O–H groups in total. The summed E-state index contributed by atoms with van der Waals surface area (Å²) in [5.74, 6) is 1.54. The molecule has 1 heterocycles. The molecule has 1 aromatic carbocycles. The van der Waals surface area contributed by atoms with E-state index in [1.165, 1.54) is 0 Å². The Kier molecular flexibility index (Phi) is 3.01. The molecule has 0 aliphatic heterocycles. The minimum atomic E-state index is 0.382. The number of aromatic nitrogens is 2. The molecule has 2 rings (SSSR count). The lowest BCUT2D eigenvalue weighted by atomic mass is 10.3. The van der Waals surface area contributed by atoms with E-state index < -0.39 is 0 Å². The lowest BCUT2D eigenvalue weighted by Crippen LogP contribution is -2.03. The number of halogens is 1. The van der Waals surface area contributed by atoms with Crippen LogP contribution in [-0.4, -0.2) is 9.55 Å². The van der Waals surface area contributed by atoms with Gasteiger partial charge in [-0.2, -0.15) is 0 Å². The number of hydrogen-bond acceptors (Lipinski definition) is 3. The fourth-order valence-corrected chi connectivity index (χ4v) is 1.42. The Balaban J connectivity index is 2.02. The highest BCUT2D eigenvalue weighted by atomic mass is 35.5.